The molecule has 0 aromatic heterocycles. The lowest BCUT2D eigenvalue weighted by Crippen LogP contribution is -2.34. The molecule has 0 radical (unpaired) electrons. The highest BCUT2D eigenvalue weighted by Gasteiger charge is 2.22. The van der Waals surface area contributed by atoms with Gasteiger partial charge in [0.2, 0.25) is 0 Å². The molecule has 1 aliphatic rings. The summed E-state index contributed by atoms with van der Waals surface area (Å²) in [7, 11) is 0. The summed E-state index contributed by atoms with van der Waals surface area (Å²) in [5.74, 6) is -1.17. The SMILES string of the molecule is O=C(COC(=O)c1cccc([N+](=O)[O-])c1)N[C@H]1CCCc2ccccc21. The molecule has 0 saturated heterocycles. The number of benzene rings is 2. The number of aryl methyl sites for hydroxylation is 1. The van der Waals surface area contributed by atoms with Gasteiger partial charge in [0.05, 0.1) is 16.5 Å². The van der Waals surface area contributed by atoms with Gasteiger partial charge < -0.3 is 10.1 Å². The number of ether oxygens (including phenoxy) is 1. The highest BCUT2D eigenvalue weighted by Crippen LogP contribution is 2.29. The molecule has 0 aliphatic heterocycles. The Morgan fingerprint density at radius 3 is 2.81 bits per heavy atom. The van der Waals surface area contributed by atoms with Crippen molar-refractivity contribution in [3.05, 3.63) is 75.3 Å². The third kappa shape index (κ3) is 4.05. The van der Waals surface area contributed by atoms with Gasteiger partial charge >= 0.3 is 5.97 Å². The first-order chi connectivity index (χ1) is 12.5. The Morgan fingerprint density at radius 2 is 2.00 bits per heavy atom. The maximum Gasteiger partial charge on any atom is 0.338 e. The lowest BCUT2D eigenvalue weighted by atomic mass is 9.88. The van der Waals surface area contributed by atoms with Crippen molar-refractivity contribution in [2.45, 2.75) is 25.3 Å². The van der Waals surface area contributed by atoms with Crippen LogP contribution in [0.25, 0.3) is 0 Å². The Morgan fingerprint density at radius 1 is 1.19 bits per heavy atom. The lowest BCUT2D eigenvalue weighted by Gasteiger charge is -2.26. The number of esters is 1. The van der Waals surface area contributed by atoms with Crippen LogP contribution in [0, 0.1) is 10.1 Å². The zero-order valence-electron chi connectivity index (χ0n) is 14.0. The zero-order chi connectivity index (χ0) is 18.5. The molecule has 0 spiro atoms. The first-order valence-electron chi connectivity index (χ1n) is 8.33. The molecule has 7 heteroatoms. The van der Waals surface area contributed by atoms with Crippen LogP contribution in [0.15, 0.2) is 48.5 Å². The second kappa shape index (κ2) is 7.77. The van der Waals surface area contributed by atoms with Crippen LogP contribution in [0.5, 0.6) is 0 Å². The number of fused-ring (bicyclic) bond motifs is 1. The monoisotopic (exact) mass is 354 g/mol. The number of non-ortho nitro benzene ring substituents is 1. The van der Waals surface area contributed by atoms with Gasteiger partial charge in [-0.15, -0.1) is 0 Å². The van der Waals surface area contributed by atoms with Gasteiger partial charge in [0, 0.05) is 12.1 Å². The number of nitro benzene ring substituents is 1. The first-order valence-corrected chi connectivity index (χ1v) is 8.33. The Bertz CT molecular complexity index is 849. The molecule has 1 aliphatic carbocycles. The fourth-order valence-electron chi connectivity index (χ4n) is 3.10. The number of nitrogens with zero attached hydrogens (tertiary/aromatic N) is 1. The summed E-state index contributed by atoms with van der Waals surface area (Å²) < 4.78 is 4.98. The fourth-order valence-corrected chi connectivity index (χ4v) is 3.10. The molecule has 7 nitrogen and oxygen atoms in total. The first kappa shape index (κ1) is 17.6. The predicted molar refractivity (Wildman–Crippen MR) is 93.6 cm³/mol. The van der Waals surface area contributed by atoms with E-state index in [0.717, 1.165) is 30.9 Å². The van der Waals surface area contributed by atoms with Crippen LogP contribution in [-0.4, -0.2) is 23.4 Å². The quantitative estimate of drug-likeness (QED) is 0.506. The minimum atomic E-state index is -0.770. The molecule has 3 rings (SSSR count). The molecular weight excluding hydrogens is 336 g/mol. The van der Waals surface area contributed by atoms with E-state index in [0.29, 0.717) is 0 Å². The van der Waals surface area contributed by atoms with Crippen LogP contribution < -0.4 is 5.32 Å². The van der Waals surface area contributed by atoms with Crippen molar-refractivity contribution < 1.29 is 19.2 Å². The lowest BCUT2D eigenvalue weighted by molar-refractivity contribution is -0.384. The summed E-state index contributed by atoms with van der Waals surface area (Å²) in [6.07, 6.45) is 2.81. The Hall–Kier alpha value is -3.22. The molecule has 0 fully saturated rings. The molecule has 1 N–H and O–H groups in total. The second-order valence-corrected chi connectivity index (χ2v) is 6.09. The van der Waals surface area contributed by atoms with E-state index < -0.39 is 23.4 Å². The van der Waals surface area contributed by atoms with E-state index in [-0.39, 0.29) is 17.3 Å². The van der Waals surface area contributed by atoms with E-state index in [1.807, 2.05) is 18.2 Å². The van der Waals surface area contributed by atoms with Crippen molar-refractivity contribution in [2.24, 2.45) is 0 Å². The molecule has 0 unspecified atom stereocenters. The van der Waals surface area contributed by atoms with Gasteiger partial charge in [-0.3, -0.25) is 14.9 Å². The molecule has 2 aromatic rings. The maximum absolute atomic E-state index is 12.1. The highest BCUT2D eigenvalue weighted by atomic mass is 16.6. The largest absolute Gasteiger partial charge is 0.452 e. The third-order valence-corrected chi connectivity index (χ3v) is 4.33. The number of nitrogens with one attached hydrogen (secondary N) is 1. The van der Waals surface area contributed by atoms with Gasteiger partial charge in [0.15, 0.2) is 6.61 Å². The van der Waals surface area contributed by atoms with Crippen molar-refractivity contribution in [1.82, 2.24) is 5.32 Å². The molecule has 134 valence electrons. The van der Waals surface area contributed by atoms with E-state index in [4.69, 9.17) is 4.74 Å². The van der Waals surface area contributed by atoms with E-state index in [9.17, 15) is 19.7 Å². The maximum atomic E-state index is 12.1. The molecule has 26 heavy (non-hydrogen) atoms. The molecular formula is C19H18N2O5. The van der Waals surface area contributed by atoms with Gasteiger partial charge in [-0.2, -0.15) is 0 Å². The average molecular weight is 354 g/mol. The van der Waals surface area contributed by atoms with Gasteiger partial charge in [-0.1, -0.05) is 30.3 Å². The number of rotatable bonds is 5. The number of amides is 1. The molecule has 1 amide bonds. The summed E-state index contributed by atoms with van der Waals surface area (Å²) >= 11 is 0. The van der Waals surface area contributed by atoms with Crippen molar-refractivity contribution in [3.63, 3.8) is 0 Å². The van der Waals surface area contributed by atoms with E-state index >= 15 is 0 Å². The normalized spacial score (nSPS) is 15.6. The summed E-state index contributed by atoms with van der Waals surface area (Å²) in [5.41, 5.74) is 2.15. The van der Waals surface area contributed by atoms with Crippen LogP contribution >= 0.6 is 0 Å². The number of hydrogen-bond acceptors (Lipinski definition) is 5. The number of hydrogen-bond donors (Lipinski definition) is 1. The topological polar surface area (TPSA) is 98.5 Å². The van der Waals surface area contributed by atoms with Crippen molar-refractivity contribution >= 4 is 17.6 Å². The smallest absolute Gasteiger partial charge is 0.338 e. The summed E-state index contributed by atoms with van der Waals surface area (Å²) in [5, 5.41) is 13.6. The molecule has 0 bridgehead atoms. The van der Waals surface area contributed by atoms with E-state index in [1.165, 1.54) is 23.8 Å². The van der Waals surface area contributed by atoms with Crippen LogP contribution in [-0.2, 0) is 16.0 Å². The molecule has 1 atom stereocenters. The Balaban J connectivity index is 1.57. The predicted octanol–water partition coefficient (Wildman–Crippen LogP) is 2.95. The van der Waals surface area contributed by atoms with Crippen LogP contribution in [0.1, 0.15) is 40.4 Å². The van der Waals surface area contributed by atoms with E-state index in [2.05, 4.69) is 11.4 Å². The third-order valence-electron chi connectivity index (χ3n) is 4.33. The summed E-state index contributed by atoms with van der Waals surface area (Å²) in [6.45, 7) is -0.430. The molecule has 2 aromatic carbocycles. The summed E-state index contributed by atoms with van der Waals surface area (Å²) in [4.78, 5) is 34.3. The van der Waals surface area contributed by atoms with E-state index in [1.54, 1.807) is 0 Å². The number of carbonyl (C=O) groups is 2. The number of carbonyl (C=O) groups excluding carboxylic acids is 2. The standard InChI is InChI=1S/C19H18N2O5/c22-18(20-17-10-4-6-13-5-1-2-9-16(13)17)12-26-19(23)14-7-3-8-15(11-14)21(24)25/h1-3,5,7-9,11,17H,4,6,10,12H2,(H,20,22)/t17-/m0/s1. The van der Waals surface area contributed by atoms with Crippen LogP contribution in [0.2, 0.25) is 0 Å². The van der Waals surface area contributed by atoms with Gasteiger partial charge in [-0.05, 0) is 36.5 Å². The van der Waals surface area contributed by atoms with Crippen molar-refractivity contribution in [3.8, 4) is 0 Å². The van der Waals surface area contributed by atoms with Gasteiger partial charge in [-0.25, -0.2) is 4.79 Å². The fraction of sp³-hybridized carbons (Fsp3) is 0.263. The van der Waals surface area contributed by atoms with Gasteiger partial charge in [0.25, 0.3) is 11.6 Å². The van der Waals surface area contributed by atoms with Crippen molar-refractivity contribution in [2.75, 3.05) is 6.61 Å². The zero-order valence-corrected chi connectivity index (χ0v) is 14.0. The Labute approximate surface area is 150 Å². The molecule has 0 saturated carbocycles. The second-order valence-electron chi connectivity index (χ2n) is 6.09. The Kier molecular flexibility index (Phi) is 5.26. The number of nitro groups is 1. The minimum absolute atomic E-state index is 0.0370. The highest BCUT2D eigenvalue weighted by molar-refractivity contribution is 5.92. The van der Waals surface area contributed by atoms with Gasteiger partial charge in [0.1, 0.15) is 0 Å². The van der Waals surface area contributed by atoms with Crippen LogP contribution in [0.4, 0.5) is 5.69 Å². The minimum Gasteiger partial charge on any atom is -0.452 e. The van der Waals surface area contributed by atoms with Crippen molar-refractivity contribution in [1.29, 1.82) is 0 Å². The molecule has 0 heterocycles. The summed E-state index contributed by atoms with van der Waals surface area (Å²) in [6, 6.07) is 13.1. The average Bonchev–Trinajstić information content (AvgIpc) is 2.66. The van der Waals surface area contributed by atoms with Crippen LogP contribution in [0.3, 0.4) is 0 Å².